The van der Waals surface area contributed by atoms with Crippen LogP contribution in [0.15, 0.2) is 77.7 Å². The number of pyridine rings is 1. The zero-order chi connectivity index (χ0) is 26.4. The highest BCUT2D eigenvalue weighted by Gasteiger charge is 2.63. The normalized spacial score (nSPS) is 18.9. The average Bonchev–Trinajstić information content (AvgIpc) is 3.65. The molecule has 1 aliphatic rings. The summed E-state index contributed by atoms with van der Waals surface area (Å²) in [7, 11) is -1.07. The van der Waals surface area contributed by atoms with Crippen molar-refractivity contribution in [2.45, 2.75) is 36.5 Å². The van der Waals surface area contributed by atoms with E-state index in [1.54, 1.807) is 38.5 Å². The van der Waals surface area contributed by atoms with E-state index in [9.17, 15) is 13.2 Å². The first-order valence-electron chi connectivity index (χ1n) is 11.9. The molecule has 1 aliphatic carbocycles. The third-order valence-corrected chi connectivity index (χ3v) is 8.43. The van der Waals surface area contributed by atoms with Crippen LogP contribution in [0.4, 0.5) is 0 Å². The van der Waals surface area contributed by atoms with E-state index in [0.717, 1.165) is 16.8 Å². The first-order valence-corrected chi connectivity index (χ1v) is 13.4. The number of benzene rings is 3. The van der Waals surface area contributed by atoms with Crippen LogP contribution in [0.2, 0.25) is 0 Å². The Labute approximate surface area is 216 Å². The molecule has 5 rings (SSSR count). The van der Waals surface area contributed by atoms with Crippen LogP contribution in [0.5, 0.6) is 11.5 Å². The number of rotatable bonds is 7. The van der Waals surface area contributed by atoms with Crippen LogP contribution in [-0.2, 0) is 20.2 Å². The van der Waals surface area contributed by atoms with Crippen LogP contribution in [0.25, 0.3) is 10.9 Å². The van der Waals surface area contributed by atoms with Crippen molar-refractivity contribution in [3.63, 3.8) is 0 Å². The summed E-state index contributed by atoms with van der Waals surface area (Å²) >= 11 is 0. The van der Waals surface area contributed by atoms with Crippen LogP contribution in [0.3, 0.4) is 0 Å². The standard InChI is InChI=1S/C29H28N2O5S/c1-18-11-14-26(36-4)23(15-18)29(17-24(29)20-7-5-8-21(16-20)35-3)28(32)31-37(33,34)27-10-6-9-25-22(27)13-12-19(2)30-25/h5-16,24H,17H2,1-4H3,(H,31,32). The SMILES string of the molecule is COc1cccc(C2CC2(C(=O)NS(=O)(=O)c2cccc3nc(C)ccc23)c2cc(C)ccc2OC)c1. The number of amides is 1. The molecule has 190 valence electrons. The summed E-state index contributed by atoms with van der Waals surface area (Å²) in [5.41, 5.74) is 2.68. The highest BCUT2D eigenvalue weighted by Crippen LogP contribution is 2.63. The van der Waals surface area contributed by atoms with Gasteiger partial charge in [-0.1, -0.05) is 35.9 Å². The highest BCUT2D eigenvalue weighted by atomic mass is 32.2. The number of carbonyl (C=O) groups excluding carboxylic acids is 1. The fraction of sp³-hybridized carbons (Fsp3) is 0.241. The van der Waals surface area contributed by atoms with E-state index in [1.807, 2.05) is 56.3 Å². The maximum atomic E-state index is 14.0. The zero-order valence-electron chi connectivity index (χ0n) is 21.1. The number of hydrogen-bond donors (Lipinski definition) is 1. The average molecular weight is 517 g/mol. The Morgan fingerprint density at radius 1 is 0.973 bits per heavy atom. The smallest absolute Gasteiger partial charge is 0.264 e. The van der Waals surface area contributed by atoms with Gasteiger partial charge in [0.2, 0.25) is 5.91 Å². The van der Waals surface area contributed by atoms with E-state index in [4.69, 9.17) is 9.47 Å². The van der Waals surface area contributed by atoms with E-state index in [-0.39, 0.29) is 10.8 Å². The fourth-order valence-corrected chi connectivity index (χ4v) is 6.35. The largest absolute Gasteiger partial charge is 0.497 e. The van der Waals surface area contributed by atoms with E-state index in [0.29, 0.717) is 34.4 Å². The van der Waals surface area contributed by atoms with Crippen molar-refractivity contribution >= 4 is 26.8 Å². The molecule has 0 radical (unpaired) electrons. The van der Waals surface area contributed by atoms with Crippen molar-refractivity contribution in [2.24, 2.45) is 0 Å². The second-order valence-electron chi connectivity index (χ2n) is 9.42. The van der Waals surface area contributed by atoms with Crippen molar-refractivity contribution in [1.29, 1.82) is 0 Å². The lowest BCUT2D eigenvalue weighted by Crippen LogP contribution is -2.40. The summed E-state index contributed by atoms with van der Waals surface area (Å²) < 4.78 is 40.6. The summed E-state index contributed by atoms with van der Waals surface area (Å²) in [5.74, 6) is 0.348. The lowest BCUT2D eigenvalue weighted by Gasteiger charge is -2.22. The van der Waals surface area contributed by atoms with Crippen LogP contribution in [-0.4, -0.2) is 33.5 Å². The molecule has 8 heteroatoms. The maximum absolute atomic E-state index is 14.0. The molecule has 1 N–H and O–H groups in total. The molecule has 1 aromatic heterocycles. The number of aromatic nitrogens is 1. The number of ether oxygens (including phenoxy) is 2. The van der Waals surface area contributed by atoms with Gasteiger partial charge in [-0.05, 0) is 68.3 Å². The second kappa shape index (κ2) is 9.19. The van der Waals surface area contributed by atoms with Crippen LogP contribution in [0.1, 0.15) is 34.7 Å². The lowest BCUT2D eigenvalue weighted by atomic mass is 9.88. The molecule has 0 spiro atoms. The quantitative estimate of drug-likeness (QED) is 0.379. The Morgan fingerprint density at radius 2 is 1.76 bits per heavy atom. The van der Waals surface area contributed by atoms with Crippen molar-refractivity contribution in [2.75, 3.05) is 14.2 Å². The first kappa shape index (κ1) is 24.8. The second-order valence-corrected chi connectivity index (χ2v) is 11.1. The molecule has 1 amide bonds. The molecular weight excluding hydrogens is 488 g/mol. The molecule has 0 aliphatic heterocycles. The Hall–Kier alpha value is -3.91. The number of carbonyl (C=O) groups is 1. The Morgan fingerprint density at radius 3 is 2.51 bits per heavy atom. The number of fused-ring (bicyclic) bond motifs is 1. The minimum Gasteiger partial charge on any atom is -0.497 e. The topological polar surface area (TPSA) is 94.6 Å². The molecule has 1 heterocycles. The van der Waals surface area contributed by atoms with Gasteiger partial charge in [0.05, 0.1) is 30.0 Å². The molecule has 0 bridgehead atoms. The molecule has 4 aromatic rings. The number of nitrogens with zero attached hydrogens (tertiary/aromatic N) is 1. The van der Waals surface area contributed by atoms with Crippen LogP contribution < -0.4 is 14.2 Å². The number of methoxy groups -OCH3 is 2. The number of hydrogen-bond acceptors (Lipinski definition) is 6. The minimum atomic E-state index is -4.20. The van der Waals surface area contributed by atoms with Crippen LogP contribution in [0, 0.1) is 13.8 Å². The van der Waals surface area contributed by atoms with Gasteiger partial charge in [0, 0.05) is 22.6 Å². The van der Waals surface area contributed by atoms with Gasteiger partial charge in [0.25, 0.3) is 10.0 Å². The van der Waals surface area contributed by atoms with E-state index in [2.05, 4.69) is 9.71 Å². The summed E-state index contributed by atoms with van der Waals surface area (Å²) in [6.45, 7) is 3.77. The predicted molar refractivity (Wildman–Crippen MR) is 142 cm³/mol. The van der Waals surface area contributed by atoms with Gasteiger partial charge in [-0.15, -0.1) is 0 Å². The molecule has 2 unspecified atom stereocenters. The summed E-state index contributed by atoms with van der Waals surface area (Å²) in [6, 6.07) is 21.5. The van der Waals surface area contributed by atoms with E-state index >= 15 is 0 Å². The van der Waals surface area contributed by atoms with Gasteiger partial charge < -0.3 is 9.47 Å². The van der Waals surface area contributed by atoms with Gasteiger partial charge in [-0.3, -0.25) is 9.78 Å². The first-order chi connectivity index (χ1) is 17.7. The Balaban J connectivity index is 1.60. The van der Waals surface area contributed by atoms with Crippen LogP contribution >= 0.6 is 0 Å². The summed E-state index contributed by atoms with van der Waals surface area (Å²) in [4.78, 5) is 18.5. The number of nitrogens with one attached hydrogen (secondary N) is 1. The molecule has 2 atom stereocenters. The third kappa shape index (κ3) is 4.31. The molecule has 3 aromatic carbocycles. The van der Waals surface area contributed by atoms with Gasteiger partial charge >= 0.3 is 0 Å². The van der Waals surface area contributed by atoms with Gasteiger partial charge in [-0.25, -0.2) is 13.1 Å². The Bertz CT molecular complexity index is 1630. The fourth-order valence-electron chi connectivity index (χ4n) is 5.10. The molecular formula is C29H28N2O5S. The molecule has 1 saturated carbocycles. The maximum Gasteiger partial charge on any atom is 0.264 e. The van der Waals surface area contributed by atoms with Crippen molar-refractivity contribution < 1.29 is 22.7 Å². The predicted octanol–water partition coefficient (Wildman–Crippen LogP) is 4.80. The number of sulfonamides is 1. The summed E-state index contributed by atoms with van der Waals surface area (Å²) in [6.07, 6.45) is 0.428. The van der Waals surface area contributed by atoms with Crippen molar-refractivity contribution in [3.8, 4) is 11.5 Å². The van der Waals surface area contributed by atoms with Gasteiger partial charge in [0.1, 0.15) is 11.5 Å². The third-order valence-electron chi connectivity index (χ3n) is 7.05. The summed E-state index contributed by atoms with van der Waals surface area (Å²) in [5, 5.41) is 0.454. The monoisotopic (exact) mass is 516 g/mol. The minimum absolute atomic E-state index is 0.00999. The molecule has 0 saturated heterocycles. The zero-order valence-corrected chi connectivity index (χ0v) is 21.9. The van der Waals surface area contributed by atoms with Crippen molar-refractivity contribution in [1.82, 2.24) is 9.71 Å². The Kier molecular flexibility index (Phi) is 6.15. The lowest BCUT2D eigenvalue weighted by molar-refractivity contribution is -0.122. The van der Waals surface area contributed by atoms with Gasteiger partial charge in [0.15, 0.2) is 0 Å². The van der Waals surface area contributed by atoms with E-state index in [1.165, 1.54) is 6.07 Å². The molecule has 37 heavy (non-hydrogen) atoms. The number of aryl methyl sites for hydroxylation is 2. The molecule has 7 nitrogen and oxygen atoms in total. The highest BCUT2D eigenvalue weighted by molar-refractivity contribution is 7.90. The van der Waals surface area contributed by atoms with Gasteiger partial charge in [-0.2, -0.15) is 0 Å². The molecule has 1 fully saturated rings. The van der Waals surface area contributed by atoms with E-state index < -0.39 is 21.3 Å². The van der Waals surface area contributed by atoms with Crippen molar-refractivity contribution in [3.05, 3.63) is 95.2 Å².